The smallest absolute Gasteiger partial charge is 0.256 e. The molecule has 0 aliphatic heterocycles. The standard InChI is InChI=1S/C24H22Cl3N5O/c1-14-11-22(30-31(14)13-19-20(25)5-4-6-21(19)26)28-24(33)18-9-7-17(8-10-18)12-32-16(3)23(27)15(2)29-32/h4-11H,12-13H2,1-3H3,(H,28,30,33). The van der Waals surface area contributed by atoms with Crippen LogP contribution in [-0.2, 0) is 13.1 Å². The lowest BCUT2D eigenvalue weighted by Crippen LogP contribution is -2.13. The van der Waals surface area contributed by atoms with Gasteiger partial charge in [-0.25, -0.2) is 0 Å². The van der Waals surface area contributed by atoms with Crippen molar-refractivity contribution in [3.63, 3.8) is 0 Å². The van der Waals surface area contributed by atoms with Crippen LogP contribution in [0.2, 0.25) is 15.1 Å². The molecule has 33 heavy (non-hydrogen) atoms. The summed E-state index contributed by atoms with van der Waals surface area (Å²) in [6.07, 6.45) is 0. The van der Waals surface area contributed by atoms with E-state index < -0.39 is 0 Å². The molecule has 0 saturated carbocycles. The van der Waals surface area contributed by atoms with Crippen molar-refractivity contribution in [1.82, 2.24) is 19.6 Å². The van der Waals surface area contributed by atoms with Crippen LogP contribution >= 0.6 is 34.8 Å². The maximum Gasteiger partial charge on any atom is 0.256 e. The lowest BCUT2D eigenvalue weighted by molar-refractivity contribution is 0.102. The molecule has 0 radical (unpaired) electrons. The van der Waals surface area contributed by atoms with Crippen LogP contribution in [0.1, 0.15) is 38.6 Å². The van der Waals surface area contributed by atoms with Crippen molar-refractivity contribution in [2.24, 2.45) is 0 Å². The Morgan fingerprint density at radius 3 is 2.18 bits per heavy atom. The SMILES string of the molecule is Cc1nn(Cc2ccc(C(=O)Nc3cc(C)n(Cc4c(Cl)cccc4Cl)n3)cc2)c(C)c1Cl. The van der Waals surface area contributed by atoms with Gasteiger partial charge in [-0.05, 0) is 50.6 Å². The van der Waals surface area contributed by atoms with E-state index in [1.807, 2.05) is 43.7 Å². The van der Waals surface area contributed by atoms with E-state index in [9.17, 15) is 4.79 Å². The Balaban J connectivity index is 1.44. The fraction of sp³-hybridized carbons (Fsp3) is 0.208. The Morgan fingerprint density at radius 2 is 1.58 bits per heavy atom. The lowest BCUT2D eigenvalue weighted by atomic mass is 10.1. The molecule has 0 bridgehead atoms. The van der Waals surface area contributed by atoms with Gasteiger partial charge < -0.3 is 5.32 Å². The third-order valence-electron chi connectivity index (χ3n) is 5.43. The summed E-state index contributed by atoms with van der Waals surface area (Å²) in [5, 5.41) is 13.6. The molecule has 0 unspecified atom stereocenters. The average molecular weight is 503 g/mol. The molecule has 1 amide bonds. The Bertz CT molecular complexity index is 1300. The summed E-state index contributed by atoms with van der Waals surface area (Å²) in [6.45, 7) is 6.71. The second-order valence-electron chi connectivity index (χ2n) is 7.82. The largest absolute Gasteiger partial charge is 0.305 e. The summed E-state index contributed by atoms with van der Waals surface area (Å²) >= 11 is 18.8. The van der Waals surface area contributed by atoms with Crippen LogP contribution in [0.15, 0.2) is 48.5 Å². The summed E-state index contributed by atoms with van der Waals surface area (Å²) in [4.78, 5) is 12.7. The normalized spacial score (nSPS) is 11.1. The predicted molar refractivity (Wildman–Crippen MR) is 133 cm³/mol. The van der Waals surface area contributed by atoms with Gasteiger partial charge in [0.1, 0.15) is 0 Å². The number of aromatic nitrogens is 4. The summed E-state index contributed by atoms with van der Waals surface area (Å²) < 4.78 is 3.61. The molecule has 2 heterocycles. The first-order valence-electron chi connectivity index (χ1n) is 10.3. The molecule has 2 aromatic carbocycles. The van der Waals surface area contributed by atoms with E-state index >= 15 is 0 Å². The molecule has 4 rings (SSSR count). The maximum absolute atomic E-state index is 12.7. The first kappa shape index (κ1) is 23.4. The van der Waals surface area contributed by atoms with E-state index in [4.69, 9.17) is 34.8 Å². The van der Waals surface area contributed by atoms with Crippen molar-refractivity contribution in [3.8, 4) is 0 Å². The number of carbonyl (C=O) groups excluding carboxylic acids is 1. The number of nitrogens with one attached hydrogen (secondary N) is 1. The Hall–Kier alpha value is -2.80. The van der Waals surface area contributed by atoms with Crippen molar-refractivity contribution in [1.29, 1.82) is 0 Å². The molecule has 0 atom stereocenters. The van der Waals surface area contributed by atoms with Crippen LogP contribution in [-0.4, -0.2) is 25.5 Å². The van der Waals surface area contributed by atoms with Gasteiger partial charge in [-0.1, -0.05) is 53.0 Å². The van der Waals surface area contributed by atoms with Crippen molar-refractivity contribution in [3.05, 3.63) is 97.4 Å². The third kappa shape index (κ3) is 5.08. The van der Waals surface area contributed by atoms with Crippen LogP contribution in [0.25, 0.3) is 0 Å². The molecule has 0 fully saturated rings. The van der Waals surface area contributed by atoms with E-state index in [2.05, 4.69) is 15.5 Å². The molecular formula is C24H22Cl3N5O. The Labute approximate surface area is 207 Å². The summed E-state index contributed by atoms with van der Waals surface area (Å²) in [7, 11) is 0. The highest BCUT2D eigenvalue weighted by molar-refractivity contribution is 6.36. The molecule has 4 aromatic rings. The fourth-order valence-corrected chi connectivity index (χ4v) is 4.17. The van der Waals surface area contributed by atoms with Gasteiger partial charge in [0.25, 0.3) is 5.91 Å². The Kier molecular flexibility index (Phi) is 6.79. The minimum Gasteiger partial charge on any atom is -0.305 e. The molecule has 0 spiro atoms. The highest BCUT2D eigenvalue weighted by atomic mass is 35.5. The average Bonchev–Trinajstić information content (AvgIpc) is 3.24. The van der Waals surface area contributed by atoms with Gasteiger partial charge in [-0.2, -0.15) is 10.2 Å². The number of nitrogens with zero attached hydrogens (tertiary/aromatic N) is 4. The molecule has 2 aromatic heterocycles. The topological polar surface area (TPSA) is 64.7 Å². The number of aryl methyl sites for hydroxylation is 2. The van der Waals surface area contributed by atoms with E-state index in [1.54, 1.807) is 35.0 Å². The predicted octanol–water partition coefficient (Wildman–Crippen LogP) is 6.31. The number of rotatable bonds is 6. The number of halogens is 3. The second-order valence-corrected chi connectivity index (χ2v) is 9.01. The van der Waals surface area contributed by atoms with Gasteiger partial charge in [-0.3, -0.25) is 14.2 Å². The number of hydrogen-bond donors (Lipinski definition) is 1. The summed E-state index contributed by atoms with van der Waals surface area (Å²) in [5.41, 5.74) is 4.93. The molecule has 0 aliphatic carbocycles. The highest BCUT2D eigenvalue weighted by Gasteiger charge is 2.14. The maximum atomic E-state index is 12.7. The van der Waals surface area contributed by atoms with Gasteiger partial charge in [0, 0.05) is 32.9 Å². The molecule has 1 N–H and O–H groups in total. The monoisotopic (exact) mass is 501 g/mol. The van der Waals surface area contributed by atoms with Crippen molar-refractivity contribution >= 4 is 46.5 Å². The van der Waals surface area contributed by atoms with E-state index in [-0.39, 0.29) is 5.91 Å². The number of amides is 1. The Morgan fingerprint density at radius 1 is 0.909 bits per heavy atom. The van der Waals surface area contributed by atoms with Crippen molar-refractivity contribution in [2.75, 3.05) is 5.32 Å². The fourth-order valence-electron chi connectivity index (χ4n) is 3.52. The molecule has 0 saturated heterocycles. The second kappa shape index (κ2) is 9.59. The molecule has 170 valence electrons. The zero-order valence-corrected chi connectivity index (χ0v) is 20.6. The van der Waals surface area contributed by atoms with Crippen LogP contribution < -0.4 is 5.32 Å². The van der Waals surface area contributed by atoms with Crippen LogP contribution in [0.5, 0.6) is 0 Å². The van der Waals surface area contributed by atoms with Crippen LogP contribution in [0.4, 0.5) is 5.82 Å². The number of hydrogen-bond acceptors (Lipinski definition) is 3. The van der Waals surface area contributed by atoms with Gasteiger partial charge in [0.2, 0.25) is 0 Å². The minimum absolute atomic E-state index is 0.240. The number of benzene rings is 2. The highest BCUT2D eigenvalue weighted by Crippen LogP contribution is 2.26. The number of carbonyl (C=O) groups is 1. The minimum atomic E-state index is -0.240. The summed E-state index contributed by atoms with van der Waals surface area (Å²) in [5.74, 6) is 0.221. The van der Waals surface area contributed by atoms with Crippen molar-refractivity contribution in [2.45, 2.75) is 33.9 Å². The first-order chi connectivity index (χ1) is 15.7. The van der Waals surface area contributed by atoms with Gasteiger partial charge in [0.15, 0.2) is 5.82 Å². The van der Waals surface area contributed by atoms with E-state index in [0.717, 1.165) is 28.2 Å². The number of anilines is 1. The quantitative estimate of drug-likeness (QED) is 0.336. The van der Waals surface area contributed by atoms with Crippen molar-refractivity contribution < 1.29 is 4.79 Å². The van der Waals surface area contributed by atoms with Gasteiger partial charge in [0.05, 0.1) is 29.5 Å². The zero-order valence-electron chi connectivity index (χ0n) is 18.4. The molecule has 9 heteroatoms. The van der Waals surface area contributed by atoms with E-state index in [0.29, 0.717) is 39.5 Å². The summed E-state index contributed by atoms with van der Waals surface area (Å²) in [6, 6.07) is 14.6. The van der Waals surface area contributed by atoms with Crippen LogP contribution in [0.3, 0.4) is 0 Å². The van der Waals surface area contributed by atoms with Gasteiger partial charge >= 0.3 is 0 Å². The first-order valence-corrected chi connectivity index (χ1v) is 11.4. The molecule has 6 nitrogen and oxygen atoms in total. The van der Waals surface area contributed by atoms with Gasteiger partial charge in [-0.15, -0.1) is 0 Å². The lowest BCUT2D eigenvalue weighted by Gasteiger charge is -2.08. The zero-order chi connectivity index (χ0) is 23.7. The molecular weight excluding hydrogens is 481 g/mol. The van der Waals surface area contributed by atoms with Crippen LogP contribution in [0, 0.1) is 20.8 Å². The molecule has 0 aliphatic rings. The van der Waals surface area contributed by atoms with E-state index in [1.165, 1.54) is 0 Å². The third-order valence-corrected chi connectivity index (χ3v) is 6.69.